The fraction of sp³-hybridized carbons (Fsp3) is 0.833. The molecule has 0 spiro atoms. The van der Waals surface area contributed by atoms with Crippen molar-refractivity contribution in [3.05, 3.63) is 0 Å². The van der Waals surface area contributed by atoms with Crippen LogP contribution in [0.5, 0.6) is 0 Å². The number of aliphatic hydroxyl groups is 1. The number of ether oxygens (including phenoxy) is 2. The van der Waals surface area contributed by atoms with Gasteiger partial charge in [0.2, 0.25) is 0 Å². The zero-order chi connectivity index (χ0) is 13.5. The highest BCUT2D eigenvalue weighted by Gasteiger charge is 2.04. The highest BCUT2D eigenvalue weighted by atomic mass is 16.5. The zero-order valence-corrected chi connectivity index (χ0v) is 11.0. The van der Waals surface area contributed by atoms with Crippen LogP contribution >= 0.6 is 0 Å². The second-order valence-electron chi connectivity index (χ2n) is 3.13. The van der Waals surface area contributed by atoms with Gasteiger partial charge in [-0.05, 0) is 33.6 Å². The van der Waals surface area contributed by atoms with E-state index in [4.69, 9.17) is 14.6 Å². The van der Waals surface area contributed by atoms with Crippen molar-refractivity contribution in [3.8, 4) is 0 Å². The summed E-state index contributed by atoms with van der Waals surface area (Å²) in [5.74, 6) is -0.396. The van der Waals surface area contributed by atoms with E-state index in [0.29, 0.717) is 38.9 Å². The lowest BCUT2D eigenvalue weighted by Gasteiger charge is -2.02. The smallest absolute Gasteiger partial charge is 0.305 e. The predicted octanol–water partition coefficient (Wildman–Crippen LogP) is 1.67. The molecule has 5 nitrogen and oxygen atoms in total. The summed E-state index contributed by atoms with van der Waals surface area (Å²) < 4.78 is 9.48. The zero-order valence-electron chi connectivity index (χ0n) is 11.0. The Kier molecular flexibility index (Phi) is 16.0. The highest BCUT2D eigenvalue weighted by molar-refractivity contribution is 5.70. The summed E-state index contributed by atoms with van der Waals surface area (Å²) in [6, 6.07) is 0. The fourth-order valence-corrected chi connectivity index (χ4v) is 1.00. The van der Waals surface area contributed by atoms with Crippen molar-refractivity contribution in [2.75, 3.05) is 19.8 Å². The first-order chi connectivity index (χ1) is 8.12. The van der Waals surface area contributed by atoms with Gasteiger partial charge in [-0.2, -0.15) is 0 Å². The van der Waals surface area contributed by atoms with Gasteiger partial charge in [-0.1, -0.05) is 0 Å². The lowest BCUT2D eigenvalue weighted by atomic mass is 10.2. The molecule has 102 valence electrons. The Bertz CT molecular complexity index is 171. The number of hydrogen-bond donors (Lipinski definition) is 1. The first-order valence-electron chi connectivity index (χ1n) is 6.04. The molecule has 0 aliphatic carbocycles. The quantitative estimate of drug-likeness (QED) is 0.548. The molecule has 0 heterocycles. The van der Waals surface area contributed by atoms with E-state index in [1.165, 1.54) is 0 Å². The molecule has 0 saturated heterocycles. The van der Waals surface area contributed by atoms with Gasteiger partial charge < -0.3 is 14.6 Å². The van der Waals surface area contributed by atoms with Gasteiger partial charge in [-0.15, -0.1) is 0 Å². The second kappa shape index (κ2) is 14.9. The normalized spacial score (nSPS) is 8.94. The monoisotopic (exact) mass is 248 g/mol. The molecule has 1 N–H and O–H groups in total. The molecule has 0 amide bonds. The van der Waals surface area contributed by atoms with Gasteiger partial charge in [0.1, 0.15) is 0 Å². The van der Waals surface area contributed by atoms with Crippen LogP contribution in [-0.4, -0.2) is 36.9 Å². The molecule has 0 fully saturated rings. The molecule has 0 aliphatic rings. The molecule has 0 aliphatic heterocycles. The minimum atomic E-state index is -0.198. The maximum atomic E-state index is 10.9. The Labute approximate surface area is 103 Å². The van der Waals surface area contributed by atoms with Gasteiger partial charge in [-0.25, -0.2) is 0 Å². The fourth-order valence-electron chi connectivity index (χ4n) is 1.00. The minimum Gasteiger partial charge on any atom is -0.466 e. The number of hydrogen-bond acceptors (Lipinski definition) is 5. The average Bonchev–Trinajstić information content (AvgIpc) is 2.26. The molecule has 0 rings (SSSR count). The van der Waals surface area contributed by atoms with Gasteiger partial charge in [0.25, 0.3) is 0 Å². The Morgan fingerprint density at radius 2 is 1.18 bits per heavy atom. The van der Waals surface area contributed by atoms with Crippen LogP contribution in [0.3, 0.4) is 0 Å². The van der Waals surface area contributed by atoms with Crippen molar-refractivity contribution >= 4 is 11.9 Å². The molecular formula is C12H24O5. The van der Waals surface area contributed by atoms with Gasteiger partial charge >= 0.3 is 11.9 Å². The van der Waals surface area contributed by atoms with Crippen LogP contribution in [0, 0.1) is 0 Å². The van der Waals surface area contributed by atoms with E-state index in [2.05, 4.69) is 0 Å². The largest absolute Gasteiger partial charge is 0.466 e. The standard InChI is InChI=1S/C10H18O4.C2H6O/c1-3-13-9(11)7-5-6-8-10(12)14-4-2;1-2-3/h3-8H2,1-2H3;3H,2H2,1H3. The molecule has 0 aromatic heterocycles. The number of carbonyl (C=O) groups excluding carboxylic acids is 2. The molecule has 0 aromatic rings. The lowest BCUT2D eigenvalue weighted by Crippen LogP contribution is -2.06. The van der Waals surface area contributed by atoms with Crippen LogP contribution in [0.25, 0.3) is 0 Å². The van der Waals surface area contributed by atoms with E-state index in [1.54, 1.807) is 20.8 Å². The van der Waals surface area contributed by atoms with Gasteiger partial charge in [-0.3, -0.25) is 9.59 Å². The molecule has 0 unspecified atom stereocenters. The maximum Gasteiger partial charge on any atom is 0.305 e. The first-order valence-corrected chi connectivity index (χ1v) is 6.04. The van der Waals surface area contributed by atoms with Crippen molar-refractivity contribution in [1.29, 1.82) is 0 Å². The summed E-state index contributed by atoms with van der Waals surface area (Å²) in [7, 11) is 0. The van der Waals surface area contributed by atoms with Crippen molar-refractivity contribution in [2.24, 2.45) is 0 Å². The van der Waals surface area contributed by atoms with E-state index in [9.17, 15) is 9.59 Å². The number of carbonyl (C=O) groups is 2. The Balaban J connectivity index is 0. The van der Waals surface area contributed by atoms with Gasteiger partial charge in [0, 0.05) is 19.4 Å². The molecule has 0 bridgehead atoms. The minimum absolute atomic E-state index is 0.198. The van der Waals surface area contributed by atoms with Crippen molar-refractivity contribution in [3.63, 3.8) is 0 Å². The molecular weight excluding hydrogens is 224 g/mol. The van der Waals surface area contributed by atoms with E-state index in [-0.39, 0.29) is 18.5 Å². The van der Waals surface area contributed by atoms with E-state index in [1.807, 2.05) is 0 Å². The number of aliphatic hydroxyl groups excluding tert-OH is 1. The average molecular weight is 248 g/mol. The van der Waals surface area contributed by atoms with Crippen molar-refractivity contribution in [1.82, 2.24) is 0 Å². The third kappa shape index (κ3) is 17.5. The van der Waals surface area contributed by atoms with Crippen LogP contribution in [0.4, 0.5) is 0 Å². The number of rotatable bonds is 7. The summed E-state index contributed by atoms with van der Waals surface area (Å²) in [6.07, 6.45) is 2.12. The SMILES string of the molecule is CCO.CCOC(=O)CCCCC(=O)OCC. The highest BCUT2D eigenvalue weighted by Crippen LogP contribution is 2.02. The molecule has 0 aromatic carbocycles. The second-order valence-corrected chi connectivity index (χ2v) is 3.13. The summed E-state index contributed by atoms with van der Waals surface area (Å²) >= 11 is 0. The maximum absolute atomic E-state index is 10.9. The lowest BCUT2D eigenvalue weighted by molar-refractivity contribution is -0.145. The third-order valence-corrected chi connectivity index (χ3v) is 1.62. The van der Waals surface area contributed by atoms with Crippen molar-refractivity contribution < 1.29 is 24.2 Å². The Hall–Kier alpha value is -1.10. The molecule has 0 atom stereocenters. The van der Waals surface area contributed by atoms with Gasteiger partial charge in [0.05, 0.1) is 13.2 Å². The molecule has 17 heavy (non-hydrogen) atoms. The Morgan fingerprint density at radius 1 is 0.882 bits per heavy atom. The van der Waals surface area contributed by atoms with Crippen LogP contribution in [0.2, 0.25) is 0 Å². The van der Waals surface area contributed by atoms with Crippen LogP contribution in [0.1, 0.15) is 46.5 Å². The van der Waals surface area contributed by atoms with E-state index >= 15 is 0 Å². The summed E-state index contributed by atoms with van der Waals surface area (Å²) in [5.41, 5.74) is 0. The summed E-state index contributed by atoms with van der Waals surface area (Å²) in [6.45, 7) is 6.31. The van der Waals surface area contributed by atoms with Crippen LogP contribution in [0.15, 0.2) is 0 Å². The molecule has 5 heteroatoms. The predicted molar refractivity (Wildman–Crippen MR) is 64.5 cm³/mol. The Morgan fingerprint density at radius 3 is 1.41 bits per heavy atom. The number of unbranched alkanes of at least 4 members (excludes halogenated alkanes) is 1. The molecule has 0 radical (unpaired) electrons. The summed E-state index contributed by atoms with van der Waals surface area (Å²) in [4.78, 5) is 21.8. The van der Waals surface area contributed by atoms with Crippen molar-refractivity contribution in [2.45, 2.75) is 46.5 Å². The van der Waals surface area contributed by atoms with E-state index < -0.39 is 0 Å². The summed E-state index contributed by atoms with van der Waals surface area (Å²) in [5, 5.41) is 7.57. The van der Waals surface area contributed by atoms with Gasteiger partial charge in [0.15, 0.2) is 0 Å². The number of esters is 2. The third-order valence-electron chi connectivity index (χ3n) is 1.62. The molecule has 0 saturated carbocycles. The topological polar surface area (TPSA) is 72.8 Å². The van der Waals surface area contributed by atoms with Crippen LogP contribution < -0.4 is 0 Å². The first kappa shape index (κ1) is 18.3. The van der Waals surface area contributed by atoms with Crippen LogP contribution in [-0.2, 0) is 19.1 Å². The van der Waals surface area contributed by atoms with E-state index in [0.717, 1.165) is 0 Å².